The smallest absolute Gasteiger partial charge is 0.248 e. The Hall–Kier alpha value is -2.23. The molecule has 17 heavy (non-hydrogen) atoms. The minimum absolute atomic E-state index is 0.526. The predicted octanol–water partition coefficient (Wildman–Crippen LogP) is 2.92. The fraction of sp³-hybridized carbons (Fsp3) is 0.154. The fourth-order valence-electron chi connectivity index (χ4n) is 1.79. The summed E-state index contributed by atoms with van der Waals surface area (Å²) in [6.07, 6.45) is 2.30. The van der Waals surface area contributed by atoms with Crippen molar-refractivity contribution in [1.29, 1.82) is 0 Å². The Bertz CT molecular complexity index is 578. The minimum Gasteiger partial charge on any atom is -0.437 e. The quantitative estimate of drug-likeness (QED) is 0.789. The van der Waals surface area contributed by atoms with Gasteiger partial charge in [0.25, 0.3) is 0 Å². The minimum atomic E-state index is 0.526. The molecule has 0 unspecified atom stereocenters. The van der Waals surface area contributed by atoms with Crippen molar-refractivity contribution < 1.29 is 4.74 Å². The lowest BCUT2D eigenvalue weighted by Gasteiger charge is -2.06. The van der Waals surface area contributed by atoms with Gasteiger partial charge in [0.05, 0.1) is 5.69 Å². The summed E-state index contributed by atoms with van der Waals surface area (Å²) in [5.74, 6) is 1.28. The summed E-state index contributed by atoms with van der Waals surface area (Å²) < 4.78 is 5.71. The Morgan fingerprint density at radius 2 is 1.94 bits per heavy atom. The SMILES string of the molecule is CC1=Nc2c(ncnc2Oc2ccccc2)C1. The van der Waals surface area contributed by atoms with Crippen LogP contribution in [-0.2, 0) is 6.42 Å². The second-order valence-corrected chi connectivity index (χ2v) is 3.91. The Balaban J connectivity index is 1.98. The van der Waals surface area contributed by atoms with E-state index in [2.05, 4.69) is 15.0 Å². The molecule has 1 aromatic carbocycles. The maximum atomic E-state index is 5.71. The highest BCUT2D eigenvalue weighted by molar-refractivity contribution is 5.92. The molecule has 0 fully saturated rings. The summed E-state index contributed by atoms with van der Waals surface area (Å²) >= 11 is 0. The molecule has 0 radical (unpaired) electrons. The fourth-order valence-corrected chi connectivity index (χ4v) is 1.79. The van der Waals surface area contributed by atoms with E-state index in [0.29, 0.717) is 5.88 Å². The van der Waals surface area contributed by atoms with Gasteiger partial charge in [0.1, 0.15) is 17.8 Å². The monoisotopic (exact) mass is 225 g/mol. The summed E-state index contributed by atoms with van der Waals surface area (Å²) in [5, 5.41) is 0. The number of aliphatic imine (C=N–C) groups is 1. The van der Waals surface area contributed by atoms with Gasteiger partial charge in [-0.15, -0.1) is 0 Å². The first-order valence-electron chi connectivity index (χ1n) is 5.44. The summed E-state index contributed by atoms with van der Waals surface area (Å²) in [6, 6.07) is 9.57. The van der Waals surface area contributed by atoms with Crippen LogP contribution in [0.4, 0.5) is 5.69 Å². The first-order chi connectivity index (χ1) is 8.33. The van der Waals surface area contributed by atoms with Crippen molar-refractivity contribution >= 4 is 11.4 Å². The van der Waals surface area contributed by atoms with Gasteiger partial charge in [0.15, 0.2) is 0 Å². The van der Waals surface area contributed by atoms with E-state index in [-0.39, 0.29) is 0 Å². The van der Waals surface area contributed by atoms with Gasteiger partial charge in [-0.2, -0.15) is 4.98 Å². The molecule has 84 valence electrons. The number of rotatable bonds is 2. The molecule has 0 spiro atoms. The van der Waals surface area contributed by atoms with Crippen LogP contribution in [0.5, 0.6) is 11.6 Å². The van der Waals surface area contributed by atoms with Crippen molar-refractivity contribution in [3.05, 3.63) is 42.4 Å². The normalized spacial score (nSPS) is 13.1. The number of ether oxygens (including phenoxy) is 1. The molecule has 1 aliphatic heterocycles. The lowest BCUT2D eigenvalue weighted by molar-refractivity contribution is 0.463. The summed E-state index contributed by atoms with van der Waals surface area (Å²) in [5.41, 5.74) is 2.73. The molecule has 4 nitrogen and oxygen atoms in total. The van der Waals surface area contributed by atoms with Crippen LogP contribution in [0.1, 0.15) is 12.6 Å². The van der Waals surface area contributed by atoms with Gasteiger partial charge in [-0.25, -0.2) is 4.98 Å². The van der Waals surface area contributed by atoms with Crippen LogP contribution in [0.25, 0.3) is 0 Å². The van der Waals surface area contributed by atoms with Crippen molar-refractivity contribution in [3.63, 3.8) is 0 Å². The lowest BCUT2D eigenvalue weighted by atomic mass is 10.2. The molecule has 0 saturated carbocycles. The summed E-state index contributed by atoms with van der Waals surface area (Å²) in [6.45, 7) is 1.98. The van der Waals surface area contributed by atoms with Crippen molar-refractivity contribution in [2.45, 2.75) is 13.3 Å². The number of fused-ring (bicyclic) bond motifs is 1. The van der Waals surface area contributed by atoms with Crippen LogP contribution >= 0.6 is 0 Å². The van der Waals surface area contributed by atoms with Crippen LogP contribution in [0, 0.1) is 0 Å². The molecule has 0 saturated heterocycles. The van der Waals surface area contributed by atoms with Crippen LogP contribution in [0.2, 0.25) is 0 Å². The molecule has 2 aromatic rings. The molecule has 4 heteroatoms. The molecular weight excluding hydrogens is 214 g/mol. The van der Waals surface area contributed by atoms with Crippen LogP contribution in [0.15, 0.2) is 41.7 Å². The van der Waals surface area contributed by atoms with Gasteiger partial charge in [0.2, 0.25) is 5.88 Å². The van der Waals surface area contributed by atoms with E-state index in [1.165, 1.54) is 6.33 Å². The highest BCUT2D eigenvalue weighted by Gasteiger charge is 2.18. The zero-order chi connectivity index (χ0) is 11.7. The van der Waals surface area contributed by atoms with E-state index in [9.17, 15) is 0 Å². The molecule has 3 rings (SSSR count). The van der Waals surface area contributed by atoms with Crippen LogP contribution < -0.4 is 4.74 Å². The van der Waals surface area contributed by atoms with E-state index < -0.39 is 0 Å². The first kappa shape index (κ1) is 9.96. The molecular formula is C13H11N3O. The average Bonchev–Trinajstić information content (AvgIpc) is 2.72. The Labute approximate surface area is 99.0 Å². The molecule has 0 amide bonds. The molecule has 0 N–H and O–H groups in total. The van der Waals surface area contributed by atoms with E-state index in [1.54, 1.807) is 0 Å². The van der Waals surface area contributed by atoms with Gasteiger partial charge < -0.3 is 4.74 Å². The highest BCUT2D eigenvalue weighted by Crippen LogP contribution is 2.35. The molecule has 0 atom stereocenters. The maximum Gasteiger partial charge on any atom is 0.248 e. The second-order valence-electron chi connectivity index (χ2n) is 3.91. The van der Waals surface area contributed by atoms with Gasteiger partial charge in [-0.05, 0) is 19.1 Å². The third-order valence-corrected chi connectivity index (χ3v) is 2.55. The standard InChI is InChI=1S/C13H11N3O/c1-9-7-11-12(16-9)13(15-8-14-11)17-10-5-3-2-4-6-10/h2-6,8H,7H2,1H3. The topological polar surface area (TPSA) is 47.4 Å². The average molecular weight is 225 g/mol. The third kappa shape index (κ3) is 1.89. The number of aromatic nitrogens is 2. The van der Waals surface area contributed by atoms with E-state index in [1.807, 2.05) is 37.3 Å². The van der Waals surface area contributed by atoms with Crippen LogP contribution in [-0.4, -0.2) is 15.7 Å². The van der Waals surface area contributed by atoms with Crippen LogP contribution in [0.3, 0.4) is 0 Å². The summed E-state index contributed by atoms with van der Waals surface area (Å²) in [4.78, 5) is 12.8. The number of hydrogen-bond acceptors (Lipinski definition) is 4. The van der Waals surface area contributed by atoms with Crippen molar-refractivity contribution in [1.82, 2.24) is 9.97 Å². The second kappa shape index (κ2) is 3.97. The maximum absolute atomic E-state index is 5.71. The molecule has 1 aliphatic rings. The third-order valence-electron chi connectivity index (χ3n) is 2.55. The van der Waals surface area contributed by atoms with E-state index >= 15 is 0 Å². The zero-order valence-corrected chi connectivity index (χ0v) is 9.42. The summed E-state index contributed by atoms with van der Waals surface area (Å²) in [7, 11) is 0. The van der Waals surface area contributed by atoms with Crippen molar-refractivity contribution in [3.8, 4) is 11.6 Å². The number of nitrogens with zero attached hydrogens (tertiary/aromatic N) is 3. The number of benzene rings is 1. The Kier molecular flexibility index (Phi) is 2.33. The lowest BCUT2D eigenvalue weighted by Crippen LogP contribution is -1.94. The van der Waals surface area contributed by atoms with E-state index in [4.69, 9.17) is 4.74 Å². The molecule has 0 aliphatic carbocycles. The van der Waals surface area contributed by atoms with Gasteiger partial charge >= 0.3 is 0 Å². The van der Waals surface area contributed by atoms with Crippen molar-refractivity contribution in [2.24, 2.45) is 4.99 Å². The van der Waals surface area contributed by atoms with Gasteiger partial charge in [0, 0.05) is 12.1 Å². The molecule has 0 bridgehead atoms. The predicted molar refractivity (Wildman–Crippen MR) is 65.0 cm³/mol. The first-order valence-corrected chi connectivity index (χ1v) is 5.44. The number of hydrogen-bond donors (Lipinski definition) is 0. The van der Waals surface area contributed by atoms with Gasteiger partial charge in [-0.3, -0.25) is 4.99 Å². The Morgan fingerprint density at radius 1 is 1.12 bits per heavy atom. The Morgan fingerprint density at radius 3 is 2.76 bits per heavy atom. The largest absolute Gasteiger partial charge is 0.437 e. The van der Waals surface area contributed by atoms with Crippen molar-refractivity contribution in [2.75, 3.05) is 0 Å². The number of para-hydroxylation sites is 1. The zero-order valence-electron chi connectivity index (χ0n) is 9.42. The highest BCUT2D eigenvalue weighted by atomic mass is 16.5. The molecule has 2 heterocycles. The van der Waals surface area contributed by atoms with E-state index in [0.717, 1.165) is 29.3 Å². The molecule has 1 aromatic heterocycles. The van der Waals surface area contributed by atoms with Gasteiger partial charge in [-0.1, -0.05) is 18.2 Å².